The van der Waals surface area contributed by atoms with Gasteiger partial charge in [-0.1, -0.05) is 0 Å². The topological polar surface area (TPSA) is 66.3 Å². The lowest BCUT2D eigenvalue weighted by molar-refractivity contribution is 0.145. The highest BCUT2D eigenvalue weighted by molar-refractivity contribution is 5.85. The van der Waals surface area contributed by atoms with Crippen molar-refractivity contribution in [3.05, 3.63) is 23.8 Å². The number of fused-ring (bicyclic) bond motifs is 1. The van der Waals surface area contributed by atoms with Gasteiger partial charge in [-0.3, -0.25) is 4.90 Å². The maximum atomic E-state index is 10.5. The molecule has 0 aliphatic carbocycles. The second-order valence-corrected chi connectivity index (χ2v) is 2.63. The van der Waals surface area contributed by atoms with E-state index in [0.717, 1.165) is 11.3 Å². The SMILES string of the molecule is Cl.O=C(O)N1Cc2cncnc2C1. The van der Waals surface area contributed by atoms with E-state index in [1.54, 1.807) is 6.20 Å². The van der Waals surface area contributed by atoms with Gasteiger partial charge in [-0.25, -0.2) is 14.8 Å². The van der Waals surface area contributed by atoms with Crippen molar-refractivity contribution in [2.45, 2.75) is 13.1 Å². The van der Waals surface area contributed by atoms with Crippen molar-refractivity contribution in [1.29, 1.82) is 0 Å². The fraction of sp³-hybridized carbons (Fsp3) is 0.286. The Morgan fingerprint density at radius 3 is 2.92 bits per heavy atom. The minimum atomic E-state index is -0.909. The normalized spacial score (nSPS) is 13.4. The van der Waals surface area contributed by atoms with Crippen LogP contribution >= 0.6 is 12.4 Å². The van der Waals surface area contributed by atoms with E-state index in [9.17, 15) is 4.79 Å². The fourth-order valence-corrected chi connectivity index (χ4v) is 1.24. The number of carbonyl (C=O) groups is 1. The molecule has 0 saturated carbocycles. The molecule has 2 rings (SSSR count). The maximum Gasteiger partial charge on any atom is 0.407 e. The van der Waals surface area contributed by atoms with Crippen LogP contribution < -0.4 is 0 Å². The molecule has 0 saturated heterocycles. The Morgan fingerprint density at radius 1 is 1.54 bits per heavy atom. The van der Waals surface area contributed by atoms with E-state index in [-0.39, 0.29) is 12.4 Å². The molecule has 0 bridgehead atoms. The first-order valence-corrected chi connectivity index (χ1v) is 3.53. The number of hydrogen-bond acceptors (Lipinski definition) is 3. The molecule has 6 heteroatoms. The number of aromatic nitrogens is 2. The zero-order chi connectivity index (χ0) is 8.55. The average molecular weight is 202 g/mol. The van der Waals surface area contributed by atoms with Crippen molar-refractivity contribution in [2.75, 3.05) is 0 Å². The molecule has 0 radical (unpaired) electrons. The zero-order valence-electron chi connectivity index (χ0n) is 6.67. The lowest BCUT2D eigenvalue weighted by Crippen LogP contribution is -2.22. The first kappa shape index (κ1) is 9.73. The number of hydrogen-bond donors (Lipinski definition) is 1. The van der Waals surface area contributed by atoms with Gasteiger partial charge in [0, 0.05) is 11.8 Å². The monoisotopic (exact) mass is 201 g/mol. The summed E-state index contributed by atoms with van der Waals surface area (Å²) in [6.07, 6.45) is 2.18. The van der Waals surface area contributed by atoms with Gasteiger partial charge in [0.05, 0.1) is 18.8 Å². The molecule has 0 fully saturated rings. The van der Waals surface area contributed by atoms with Crippen LogP contribution in [0, 0.1) is 0 Å². The van der Waals surface area contributed by atoms with E-state index >= 15 is 0 Å². The molecule has 0 aromatic carbocycles. The van der Waals surface area contributed by atoms with Gasteiger partial charge in [0.25, 0.3) is 0 Å². The quantitative estimate of drug-likeness (QED) is 0.677. The van der Waals surface area contributed by atoms with Crippen molar-refractivity contribution in [2.24, 2.45) is 0 Å². The molecule has 1 amide bonds. The minimum absolute atomic E-state index is 0. The number of carboxylic acid groups (broad SMARTS) is 1. The van der Waals surface area contributed by atoms with E-state index < -0.39 is 6.09 Å². The number of halogens is 1. The molecule has 1 aromatic rings. The highest BCUT2D eigenvalue weighted by Gasteiger charge is 2.23. The zero-order valence-corrected chi connectivity index (χ0v) is 7.49. The van der Waals surface area contributed by atoms with E-state index in [4.69, 9.17) is 5.11 Å². The standard InChI is InChI=1S/C7H7N3O2.ClH/c11-7(12)10-2-5-1-8-4-9-6(5)3-10;/h1,4H,2-3H2,(H,11,12);1H. The predicted octanol–water partition coefficient (Wildman–Crippen LogP) is 0.892. The minimum Gasteiger partial charge on any atom is -0.465 e. The highest BCUT2D eigenvalue weighted by atomic mass is 35.5. The van der Waals surface area contributed by atoms with Crippen molar-refractivity contribution >= 4 is 18.5 Å². The molecule has 0 spiro atoms. The summed E-state index contributed by atoms with van der Waals surface area (Å²) in [4.78, 5) is 19.6. The van der Waals surface area contributed by atoms with E-state index in [1.165, 1.54) is 11.2 Å². The van der Waals surface area contributed by atoms with Crippen LogP contribution in [0.4, 0.5) is 4.79 Å². The first-order chi connectivity index (χ1) is 5.77. The molecule has 0 atom stereocenters. The number of rotatable bonds is 0. The third kappa shape index (κ3) is 1.70. The second-order valence-electron chi connectivity index (χ2n) is 2.63. The van der Waals surface area contributed by atoms with Crippen LogP contribution in [-0.2, 0) is 13.1 Å². The largest absolute Gasteiger partial charge is 0.465 e. The van der Waals surface area contributed by atoms with Crippen LogP contribution in [0.25, 0.3) is 0 Å². The van der Waals surface area contributed by atoms with Gasteiger partial charge >= 0.3 is 6.09 Å². The summed E-state index contributed by atoms with van der Waals surface area (Å²) in [5.74, 6) is 0. The summed E-state index contributed by atoms with van der Waals surface area (Å²) >= 11 is 0. The van der Waals surface area contributed by atoms with Crippen molar-refractivity contribution in [3.8, 4) is 0 Å². The van der Waals surface area contributed by atoms with Crippen LogP contribution in [0.1, 0.15) is 11.3 Å². The fourth-order valence-electron chi connectivity index (χ4n) is 1.24. The van der Waals surface area contributed by atoms with Gasteiger partial charge in [-0.15, -0.1) is 12.4 Å². The maximum absolute atomic E-state index is 10.5. The summed E-state index contributed by atoms with van der Waals surface area (Å²) in [5.41, 5.74) is 1.72. The van der Waals surface area contributed by atoms with Gasteiger partial charge in [0.2, 0.25) is 0 Å². The molecule has 1 aliphatic heterocycles. The number of nitrogens with zero attached hydrogens (tertiary/aromatic N) is 3. The molecule has 0 unspecified atom stereocenters. The second kappa shape index (κ2) is 3.57. The van der Waals surface area contributed by atoms with Gasteiger partial charge in [-0.2, -0.15) is 0 Å². The van der Waals surface area contributed by atoms with Crippen LogP contribution in [0.5, 0.6) is 0 Å². The molecule has 5 nitrogen and oxygen atoms in total. The van der Waals surface area contributed by atoms with Crippen LogP contribution in [-0.4, -0.2) is 26.1 Å². The van der Waals surface area contributed by atoms with E-state index in [0.29, 0.717) is 13.1 Å². The third-order valence-corrected chi connectivity index (χ3v) is 1.85. The van der Waals surface area contributed by atoms with Crippen molar-refractivity contribution in [3.63, 3.8) is 0 Å². The van der Waals surface area contributed by atoms with Gasteiger partial charge in [-0.05, 0) is 0 Å². The molecular weight excluding hydrogens is 194 g/mol. The Kier molecular flexibility index (Phi) is 2.67. The highest BCUT2D eigenvalue weighted by Crippen LogP contribution is 2.18. The molecular formula is C7H8ClN3O2. The summed E-state index contributed by atoms with van der Waals surface area (Å²) in [6, 6.07) is 0. The Balaban J connectivity index is 0.000000845. The lowest BCUT2D eigenvalue weighted by Gasteiger charge is -2.07. The Morgan fingerprint density at radius 2 is 2.31 bits per heavy atom. The smallest absolute Gasteiger partial charge is 0.407 e. The number of amides is 1. The van der Waals surface area contributed by atoms with Crippen LogP contribution in [0.3, 0.4) is 0 Å². The van der Waals surface area contributed by atoms with Crippen molar-refractivity contribution < 1.29 is 9.90 Å². The third-order valence-electron chi connectivity index (χ3n) is 1.85. The van der Waals surface area contributed by atoms with Gasteiger partial charge in [0.1, 0.15) is 6.33 Å². The molecule has 1 N–H and O–H groups in total. The summed E-state index contributed by atoms with van der Waals surface area (Å²) in [5, 5.41) is 8.66. The Labute approximate surface area is 80.8 Å². The van der Waals surface area contributed by atoms with Gasteiger partial charge < -0.3 is 5.11 Å². The predicted molar refractivity (Wildman–Crippen MR) is 46.6 cm³/mol. The Hall–Kier alpha value is -1.36. The lowest BCUT2D eigenvalue weighted by atomic mass is 10.3. The summed E-state index contributed by atoms with van der Waals surface area (Å²) in [7, 11) is 0. The average Bonchev–Trinajstić information content (AvgIpc) is 2.46. The molecule has 2 heterocycles. The molecule has 1 aromatic heterocycles. The van der Waals surface area contributed by atoms with Crippen LogP contribution in [0.2, 0.25) is 0 Å². The van der Waals surface area contributed by atoms with Crippen LogP contribution in [0.15, 0.2) is 12.5 Å². The van der Waals surface area contributed by atoms with Crippen molar-refractivity contribution in [1.82, 2.24) is 14.9 Å². The Bertz CT molecular complexity index is 306. The first-order valence-electron chi connectivity index (χ1n) is 3.53. The molecule has 1 aliphatic rings. The summed E-state index contributed by atoms with van der Waals surface area (Å²) in [6.45, 7) is 0.790. The van der Waals surface area contributed by atoms with Gasteiger partial charge in [0.15, 0.2) is 0 Å². The molecule has 70 valence electrons. The van der Waals surface area contributed by atoms with E-state index in [2.05, 4.69) is 9.97 Å². The van der Waals surface area contributed by atoms with E-state index in [1.807, 2.05) is 0 Å². The summed E-state index contributed by atoms with van der Waals surface area (Å²) < 4.78 is 0. The molecule has 13 heavy (non-hydrogen) atoms.